The zero-order chi connectivity index (χ0) is 24.8. The molecule has 12 heteroatoms. The number of pyridine rings is 1. The number of aryl methyl sites for hydroxylation is 1. The van der Waals surface area contributed by atoms with E-state index in [1.54, 1.807) is 56.8 Å². The van der Waals surface area contributed by atoms with Gasteiger partial charge in [0.05, 0.1) is 23.1 Å². The van der Waals surface area contributed by atoms with E-state index in [1.807, 2.05) is 0 Å². The molecule has 0 fully saturated rings. The maximum atomic E-state index is 13.2. The molecule has 176 valence electrons. The molecule has 0 aliphatic rings. The number of aromatic nitrogens is 5. The number of amides is 2. The summed E-state index contributed by atoms with van der Waals surface area (Å²) in [6.45, 7) is 8.59. The first-order chi connectivity index (χ1) is 16.0. The van der Waals surface area contributed by atoms with Crippen molar-refractivity contribution in [3.8, 4) is 0 Å². The van der Waals surface area contributed by atoms with Crippen molar-refractivity contribution in [2.24, 2.45) is 7.05 Å². The Morgan fingerprint density at radius 3 is 2.68 bits per heavy atom. The van der Waals surface area contributed by atoms with Gasteiger partial charge in [-0.15, -0.1) is 11.3 Å². The van der Waals surface area contributed by atoms with Crippen molar-refractivity contribution in [2.45, 2.75) is 32.9 Å². The summed E-state index contributed by atoms with van der Waals surface area (Å²) in [5.74, 6) is -0.145. The number of carbonyl (C=O) groups is 2. The van der Waals surface area contributed by atoms with Crippen LogP contribution in [0.25, 0.3) is 27.3 Å². The maximum absolute atomic E-state index is 13.2. The normalized spacial score (nSPS) is 11.6. The summed E-state index contributed by atoms with van der Waals surface area (Å²) in [5.41, 5.74) is 0.209. The van der Waals surface area contributed by atoms with Crippen molar-refractivity contribution < 1.29 is 19.4 Å². The van der Waals surface area contributed by atoms with Crippen LogP contribution in [0.4, 0.5) is 15.4 Å². The molecule has 34 heavy (non-hydrogen) atoms. The van der Waals surface area contributed by atoms with E-state index in [4.69, 9.17) is 4.74 Å². The lowest BCUT2D eigenvalue weighted by Crippen LogP contribution is -2.40. The predicted molar refractivity (Wildman–Crippen MR) is 128 cm³/mol. The number of ether oxygens (including phenoxy) is 1. The molecule has 0 aliphatic carbocycles. The SMILES string of the molecule is C=Cc1nc2c(s1)c1cnn(Cc3cccc(N(C(=O)O)C(=O)OC(C)(C)C)n3)c(=O)c1n2C. The van der Waals surface area contributed by atoms with E-state index in [2.05, 4.69) is 21.6 Å². The van der Waals surface area contributed by atoms with Gasteiger partial charge in [0.15, 0.2) is 5.65 Å². The van der Waals surface area contributed by atoms with Crippen LogP contribution in [0.5, 0.6) is 0 Å². The van der Waals surface area contributed by atoms with Gasteiger partial charge in [0.25, 0.3) is 5.56 Å². The molecule has 0 saturated heterocycles. The minimum Gasteiger partial charge on any atom is -0.464 e. The third-order valence-electron chi connectivity index (χ3n) is 4.82. The first-order valence-electron chi connectivity index (χ1n) is 10.2. The van der Waals surface area contributed by atoms with Crippen LogP contribution in [-0.4, -0.2) is 47.2 Å². The summed E-state index contributed by atoms with van der Waals surface area (Å²) < 4.78 is 8.97. The standard InChI is InChI=1S/C22H22N6O5S/c1-6-15-25-18-17(34-15)13-10-23-27(19(29)16(13)26(18)5)11-12-8-7-9-14(24-12)28(20(30)31)21(32)33-22(2,3)4/h6-10H,1,11H2,2-5H3,(H,30,31). The molecule has 0 unspecified atom stereocenters. The topological polar surface area (TPSA) is 132 Å². The van der Waals surface area contributed by atoms with Crippen molar-refractivity contribution in [1.29, 1.82) is 0 Å². The van der Waals surface area contributed by atoms with Crippen molar-refractivity contribution in [2.75, 3.05) is 4.90 Å². The van der Waals surface area contributed by atoms with Crippen LogP contribution in [0.15, 0.2) is 35.8 Å². The third-order valence-corrected chi connectivity index (χ3v) is 5.89. The van der Waals surface area contributed by atoms with Gasteiger partial charge in [0, 0.05) is 12.4 Å². The fourth-order valence-electron chi connectivity index (χ4n) is 3.42. The molecule has 0 aliphatic heterocycles. The minimum atomic E-state index is -1.54. The molecule has 0 atom stereocenters. The van der Waals surface area contributed by atoms with Crippen LogP contribution in [0.2, 0.25) is 0 Å². The van der Waals surface area contributed by atoms with Gasteiger partial charge in [-0.1, -0.05) is 12.6 Å². The highest BCUT2D eigenvalue weighted by Crippen LogP contribution is 2.31. The van der Waals surface area contributed by atoms with E-state index in [-0.39, 0.29) is 17.9 Å². The highest BCUT2D eigenvalue weighted by Gasteiger charge is 2.29. The minimum absolute atomic E-state index is 0.0332. The molecule has 0 saturated carbocycles. The number of anilines is 1. The molecule has 0 spiro atoms. The molecular weight excluding hydrogens is 460 g/mol. The molecule has 11 nitrogen and oxygen atoms in total. The van der Waals surface area contributed by atoms with Gasteiger partial charge in [-0.2, -0.15) is 10.00 Å². The smallest absolute Gasteiger partial charge is 0.425 e. The molecular formula is C22H22N6O5S. The summed E-state index contributed by atoms with van der Waals surface area (Å²) in [6.07, 6.45) is 0.641. The van der Waals surface area contributed by atoms with Crippen LogP contribution in [0, 0.1) is 0 Å². The summed E-state index contributed by atoms with van der Waals surface area (Å²) in [6, 6.07) is 4.52. The van der Waals surface area contributed by atoms with Gasteiger partial charge in [0.2, 0.25) is 0 Å². The average Bonchev–Trinajstić information content (AvgIpc) is 3.28. The van der Waals surface area contributed by atoms with Gasteiger partial charge in [-0.05, 0) is 39.0 Å². The predicted octanol–water partition coefficient (Wildman–Crippen LogP) is 3.85. The summed E-state index contributed by atoms with van der Waals surface area (Å²) in [4.78, 5) is 46.5. The Morgan fingerprint density at radius 1 is 1.29 bits per heavy atom. The molecule has 1 N–H and O–H groups in total. The largest absolute Gasteiger partial charge is 0.464 e. The third kappa shape index (κ3) is 4.15. The first kappa shape index (κ1) is 23.1. The number of carbonyl (C=O) groups excluding carboxylic acids is 1. The van der Waals surface area contributed by atoms with Gasteiger partial charge in [-0.3, -0.25) is 4.79 Å². The monoisotopic (exact) mass is 482 g/mol. The number of carboxylic acid groups (broad SMARTS) is 1. The quantitative estimate of drug-likeness (QED) is 0.464. The Hall–Kier alpha value is -4.06. The average molecular weight is 483 g/mol. The zero-order valence-electron chi connectivity index (χ0n) is 19.0. The highest BCUT2D eigenvalue weighted by molar-refractivity contribution is 7.20. The summed E-state index contributed by atoms with van der Waals surface area (Å²) >= 11 is 1.43. The van der Waals surface area contributed by atoms with E-state index in [1.165, 1.54) is 22.1 Å². The van der Waals surface area contributed by atoms with E-state index in [0.29, 0.717) is 27.1 Å². The molecule has 2 amide bonds. The lowest BCUT2D eigenvalue weighted by Gasteiger charge is -2.24. The summed E-state index contributed by atoms with van der Waals surface area (Å²) in [7, 11) is 1.76. The summed E-state index contributed by atoms with van der Waals surface area (Å²) in [5, 5.41) is 15.3. The highest BCUT2D eigenvalue weighted by atomic mass is 32.1. The number of thiazole rings is 1. The van der Waals surface area contributed by atoms with Crippen molar-refractivity contribution >= 4 is 56.7 Å². The number of fused-ring (bicyclic) bond motifs is 3. The lowest BCUT2D eigenvalue weighted by atomic mass is 10.2. The Balaban J connectivity index is 1.70. The molecule has 4 aromatic rings. The van der Waals surface area contributed by atoms with Crippen LogP contribution in [0.1, 0.15) is 31.5 Å². The second kappa shape index (κ2) is 8.37. The Bertz CT molecular complexity index is 1510. The van der Waals surface area contributed by atoms with Crippen LogP contribution >= 0.6 is 11.3 Å². The van der Waals surface area contributed by atoms with Gasteiger partial charge >= 0.3 is 12.2 Å². The Labute approximate surface area is 197 Å². The number of imide groups is 1. The van der Waals surface area contributed by atoms with E-state index in [0.717, 1.165) is 9.71 Å². The number of rotatable bonds is 4. The van der Waals surface area contributed by atoms with Crippen molar-refractivity contribution in [3.05, 3.63) is 52.0 Å². The van der Waals surface area contributed by atoms with E-state index >= 15 is 0 Å². The van der Waals surface area contributed by atoms with Crippen LogP contribution in [0.3, 0.4) is 0 Å². The molecule has 4 aromatic heterocycles. The zero-order valence-corrected chi connectivity index (χ0v) is 19.8. The van der Waals surface area contributed by atoms with Crippen molar-refractivity contribution in [3.63, 3.8) is 0 Å². The second-order valence-corrected chi connectivity index (χ2v) is 9.45. The molecule has 0 bridgehead atoms. The number of hydrogen-bond donors (Lipinski definition) is 1. The second-order valence-electron chi connectivity index (χ2n) is 8.42. The molecule has 0 aromatic carbocycles. The first-order valence-corrected chi connectivity index (χ1v) is 11.0. The number of nitrogens with zero attached hydrogens (tertiary/aromatic N) is 6. The van der Waals surface area contributed by atoms with E-state index in [9.17, 15) is 19.5 Å². The fourth-order valence-corrected chi connectivity index (χ4v) is 4.37. The maximum Gasteiger partial charge on any atom is 0.425 e. The lowest BCUT2D eigenvalue weighted by molar-refractivity contribution is 0.0581. The van der Waals surface area contributed by atoms with Crippen LogP contribution in [-0.2, 0) is 18.3 Å². The van der Waals surface area contributed by atoms with E-state index < -0.39 is 17.8 Å². The molecule has 0 radical (unpaired) electrons. The van der Waals surface area contributed by atoms with Gasteiger partial charge in [-0.25, -0.2) is 24.2 Å². The fraction of sp³-hybridized carbons (Fsp3) is 0.273. The van der Waals surface area contributed by atoms with Gasteiger partial charge in [0.1, 0.15) is 21.9 Å². The molecule has 4 rings (SSSR count). The number of hydrogen-bond acceptors (Lipinski definition) is 8. The van der Waals surface area contributed by atoms with Crippen LogP contribution < -0.4 is 10.5 Å². The Morgan fingerprint density at radius 2 is 2.03 bits per heavy atom. The van der Waals surface area contributed by atoms with Gasteiger partial charge < -0.3 is 14.4 Å². The van der Waals surface area contributed by atoms with Crippen molar-refractivity contribution in [1.82, 2.24) is 24.3 Å². The molecule has 4 heterocycles. The Kier molecular flexibility index (Phi) is 5.69.